The summed E-state index contributed by atoms with van der Waals surface area (Å²) in [6.45, 7) is 1.27. The summed E-state index contributed by atoms with van der Waals surface area (Å²) < 4.78 is 15.7. The summed E-state index contributed by atoms with van der Waals surface area (Å²) in [4.78, 5) is 0. The van der Waals surface area contributed by atoms with Gasteiger partial charge in [0.25, 0.3) is 0 Å². The number of hydrogen-bond acceptors (Lipinski definition) is 3. The van der Waals surface area contributed by atoms with Gasteiger partial charge in [0.2, 0.25) is 0 Å². The minimum absolute atomic E-state index is 0.426. The molecule has 0 amide bonds. The molecule has 0 bridgehead atoms. The average molecular weight is 1950 g/mol. The first-order valence-electron chi connectivity index (χ1n) is 58.2. The number of hydrogen-bond donors (Lipinski definition) is 0. The van der Waals surface area contributed by atoms with Crippen LogP contribution >= 0.6 is 0 Å². The van der Waals surface area contributed by atoms with Crippen molar-refractivity contribution in [2.24, 2.45) is 0 Å². The third-order valence-electron chi connectivity index (χ3n) is 36.1. The number of ether oxygens (including phenoxy) is 2. The van der Waals surface area contributed by atoms with Gasteiger partial charge in [0.15, 0.2) is 0 Å². The highest BCUT2D eigenvalue weighted by Gasteiger charge is 2.39. The lowest BCUT2D eigenvalue weighted by Crippen LogP contribution is -2.29. The van der Waals surface area contributed by atoms with Crippen molar-refractivity contribution in [2.45, 2.75) is 303 Å². The Kier molecular flexibility index (Phi) is 32.6. The molecule has 1 aromatic heterocycles. The fourth-order valence-corrected chi connectivity index (χ4v) is 27.2. The number of aromatic nitrogens is 1. The summed E-state index contributed by atoms with van der Waals surface area (Å²) in [6.07, 6.45) is 50.2. The fraction of sp³-hybridized carbons (Fsp3) is 0.345. The maximum Gasteiger partial charge on any atom is 0.119 e. The molecule has 0 spiro atoms. The van der Waals surface area contributed by atoms with E-state index in [4.69, 9.17) is 9.47 Å². The van der Waals surface area contributed by atoms with Crippen LogP contribution in [0.1, 0.15) is 365 Å². The Hall–Kier alpha value is -13.3. The molecule has 149 heavy (non-hydrogen) atoms. The molecule has 15 aromatic carbocycles. The third-order valence-corrected chi connectivity index (χ3v) is 36.1. The predicted octanol–water partition coefficient (Wildman–Crippen LogP) is 40.7. The van der Waals surface area contributed by atoms with Crippen LogP contribution in [0.5, 0.6) is 11.5 Å². The van der Waals surface area contributed by atoms with E-state index in [1.165, 1.54) is 326 Å². The largest absolute Gasteiger partial charge is 0.494 e. The molecular formula is C145H152N2O2. The van der Waals surface area contributed by atoms with Crippen molar-refractivity contribution in [3.8, 4) is 113 Å². The van der Waals surface area contributed by atoms with Crippen LogP contribution in [0, 0.1) is 11.3 Å². The molecule has 754 valence electrons. The van der Waals surface area contributed by atoms with Gasteiger partial charge in [0.1, 0.15) is 11.5 Å². The van der Waals surface area contributed by atoms with Crippen LogP contribution in [-0.4, -0.2) is 17.8 Å². The monoisotopic (exact) mass is 1950 g/mol. The summed E-state index contributed by atoms with van der Waals surface area (Å²) in [6, 6.07) is 148. The quantitative estimate of drug-likeness (QED) is 0.0288. The highest BCUT2D eigenvalue weighted by molar-refractivity contribution is 5.77. The minimum Gasteiger partial charge on any atom is -0.494 e. The molecule has 6 aliphatic rings. The molecule has 4 nitrogen and oxygen atoms in total. The van der Waals surface area contributed by atoms with Crippen LogP contribution in [0.15, 0.2) is 376 Å². The SMILES string of the molecule is N#Cc1ccc(-n2c(-c3ccc(OCCCCCCC(c4ccc(-c5ccc(C6CCCCC6)cc5)cc4)(c4ccc(-c5ccc(C6CCCCC6)cc5)cc4)c4ccc(-c5ccc(C6CCCCC6)cc5)cc4)cc3)ccc2-c2ccc(OCCCCCCC(c3ccc(-c4ccc(C5CCCCC5)cc4)cc3)(c3ccc(-c4ccc(C5CCCCC5)cc4)cc3)c3ccc(-c4ccc(C5CCCCC5)cc4)cc3)cc2)cc1. The molecule has 0 saturated heterocycles. The number of nitriles is 1. The van der Waals surface area contributed by atoms with E-state index in [9.17, 15) is 5.26 Å². The highest BCUT2D eigenvalue weighted by atomic mass is 16.5. The molecule has 0 atom stereocenters. The van der Waals surface area contributed by atoms with Gasteiger partial charge in [-0.3, -0.25) is 0 Å². The van der Waals surface area contributed by atoms with E-state index in [0.29, 0.717) is 54.3 Å². The first-order chi connectivity index (χ1) is 73.7. The summed E-state index contributed by atoms with van der Waals surface area (Å²) in [5, 5.41) is 10.0. The number of nitrogens with zero attached hydrogens (tertiary/aromatic N) is 2. The Morgan fingerprint density at radius 2 is 0.383 bits per heavy atom. The first kappa shape index (κ1) is 100. The summed E-state index contributed by atoms with van der Waals surface area (Å²) in [5.74, 6) is 5.82. The van der Waals surface area contributed by atoms with Gasteiger partial charge in [-0.25, -0.2) is 0 Å². The van der Waals surface area contributed by atoms with Crippen molar-refractivity contribution in [1.29, 1.82) is 5.26 Å². The molecule has 6 fully saturated rings. The van der Waals surface area contributed by atoms with Gasteiger partial charge in [-0.1, -0.05) is 445 Å². The second-order valence-electron chi connectivity index (χ2n) is 45.2. The van der Waals surface area contributed by atoms with Crippen LogP contribution in [-0.2, 0) is 10.8 Å². The minimum atomic E-state index is -0.426. The van der Waals surface area contributed by atoms with Gasteiger partial charge < -0.3 is 14.0 Å². The first-order valence-corrected chi connectivity index (χ1v) is 58.2. The molecule has 0 radical (unpaired) electrons. The fourth-order valence-electron chi connectivity index (χ4n) is 27.2. The third kappa shape index (κ3) is 23.5. The van der Waals surface area contributed by atoms with E-state index in [0.717, 1.165) is 104 Å². The average Bonchev–Trinajstić information content (AvgIpc) is 1.49. The Morgan fingerprint density at radius 1 is 0.195 bits per heavy atom. The maximum atomic E-state index is 10.0. The zero-order valence-corrected chi connectivity index (χ0v) is 88.2. The number of rotatable bonds is 37. The standard InChI is InChI=1S/C145H152N2O2/c146-105-106-39-93-139(94-40-106)147-142(131-77-95-140(96-78-131)148-103-25-3-1-23-101-144(133-81-65-125(66-82-133)119-53-41-113(42-54-119)107-27-11-5-12-28-107,134-83-67-126(68-84-134)120-55-43-114(44-56-120)108-29-13-6-14-30-108)135-85-69-127(70-86-135)121-57-45-115(46-58-121)109-31-15-7-16-32-109)99-100-143(147)132-79-97-141(98-80-132)149-104-26-4-2-24-102-145(136-87-71-128(72-88-136)122-59-47-116(48-60-122)110-33-17-8-18-34-110,137-89-73-129(74-90-137)123-61-49-117(50-62-123)111-35-19-9-20-36-111)138-91-75-130(76-92-138)124-63-51-118(52-64-124)112-37-21-10-22-38-112/h39-100,107-112H,1-38,101-104H2. The van der Waals surface area contributed by atoms with Crippen LogP contribution in [0.4, 0.5) is 0 Å². The lowest BCUT2D eigenvalue weighted by atomic mass is 9.66. The smallest absolute Gasteiger partial charge is 0.119 e. The van der Waals surface area contributed by atoms with Gasteiger partial charge in [0.05, 0.1) is 36.2 Å². The molecule has 6 saturated carbocycles. The Bertz CT molecular complexity index is 6050. The van der Waals surface area contributed by atoms with E-state index in [2.05, 4.69) is 375 Å². The van der Waals surface area contributed by atoms with E-state index in [1.54, 1.807) is 0 Å². The van der Waals surface area contributed by atoms with E-state index < -0.39 is 10.8 Å². The Labute approximate surface area is 890 Å². The van der Waals surface area contributed by atoms with Gasteiger partial charge >= 0.3 is 0 Å². The molecule has 1 heterocycles. The van der Waals surface area contributed by atoms with Crippen LogP contribution in [0.2, 0.25) is 0 Å². The van der Waals surface area contributed by atoms with Crippen LogP contribution in [0.25, 0.3) is 95.0 Å². The summed E-state index contributed by atoms with van der Waals surface area (Å²) >= 11 is 0. The lowest BCUT2D eigenvalue weighted by Gasteiger charge is -2.37. The lowest BCUT2D eigenvalue weighted by molar-refractivity contribution is 0.303. The van der Waals surface area contributed by atoms with Gasteiger partial charge in [-0.2, -0.15) is 5.26 Å². The Balaban J connectivity index is 0.475. The molecule has 6 aliphatic carbocycles. The van der Waals surface area contributed by atoms with Gasteiger partial charge in [-0.15, -0.1) is 0 Å². The normalized spacial score (nSPS) is 16.1. The van der Waals surface area contributed by atoms with E-state index in [-0.39, 0.29) is 0 Å². The van der Waals surface area contributed by atoms with Crippen molar-refractivity contribution < 1.29 is 9.47 Å². The van der Waals surface area contributed by atoms with Crippen molar-refractivity contribution in [2.75, 3.05) is 13.2 Å². The van der Waals surface area contributed by atoms with Crippen LogP contribution in [0.3, 0.4) is 0 Å². The zero-order valence-electron chi connectivity index (χ0n) is 88.2. The molecule has 0 N–H and O–H groups in total. The van der Waals surface area contributed by atoms with Crippen LogP contribution < -0.4 is 9.47 Å². The van der Waals surface area contributed by atoms with E-state index in [1.807, 2.05) is 12.1 Å². The van der Waals surface area contributed by atoms with Crippen molar-refractivity contribution >= 4 is 0 Å². The summed E-state index contributed by atoms with van der Waals surface area (Å²) in [5.41, 5.74) is 37.3. The Morgan fingerprint density at radius 3 is 0.584 bits per heavy atom. The number of benzene rings is 15. The second kappa shape index (κ2) is 48.5. The van der Waals surface area contributed by atoms with Crippen molar-refractivity contribution in [3.05, 3.63) is 448 Å². The van der Waals surface area contributed by atoms with Gasteiger partial charge in [0, 0.05) is 16.5 Å². The molecule has 0 unspecified atom stereocenters. The van der Waals surface area contributed by atoms with Gasteiger partial charge in [-0.05, 0) is 368 Å². The van der Waals surface area contributed by atoms with Crippen molar-refractivity contribution in [1.82, 2.24) is 4.57 Å². The number of unbranched alkanes of at least 4 members (excludes halogenated alkanes) is 6. The molecular weight excluding hydrogens is 1800 g/mol. The van der Waals surface area contributed by atoms with Crippen molar-refractivity contribution in [3.63, 3.8) is 0 Å². The highest BCUT2D eigenvalue weighted by Crippen LogP contribution is 2.51. The predicted molar refractivity (Wildman–Crippen MR) is 625 cm³/mol. The maximum absolute atomic E-state index is 10.0. The molecule has 4 heteroatoms. The molecule has 0 aliphatic heterocycles. The second-order valence-corrected chi connectivity index (χ2v) is 45.2. The zero-order chi connectivity index (χ0) is 100. The topological polar surface area (TPSA) is 47.2 Å². The summed E-state index contributed by atoms with van der Waals surface area (Å²) in [7, 11) is 0. The molecule has 16 aromatic rings. The molecule has 22 rings (SSSR count). The van der Waals surface area contributed by atoms with E-state index >= 15 is 0 Å².